The topological polar surface area (TPSA) is 237 Å². The third-order valence-corrected chi connectivity index (χ3v) is 19.6. The molecule has 0 amide bonds. The van der Waals surface area contributed by atoms with Crippen molar-refractivity contribution in [2.45, 2.75) is 406 Å². The minimum absolute atomic E-state index is 0. The second-order valence-electron chi connectivity index (χ2n) is 27.7. The molecule has 2 unspecified atom stereocenters. The van der Waals surface area contributed by atoms with Crippen LogP contribution in [0.5, 0.6) is 0 Å². The summed E-state index contributed by atoms with van der Waals surface area (Å²) in [6.07, 6.45) is 72.2. The van der Waals surface area contributed by atoms with Crippen LogP contribution >= 0.6 is 15.6 Å². The molecule has 0 rings (SSSR count). The fraction of sp³-hybridized carbons (Fsp3) is 0.852. The summed E-state index contributed by atoms with van der Waals surface area (Å²) in [5, 5.41) is 10.6. The van der Waals surface area contributed by atoms with Crippen LogP contribution in [0.4, 0.5) is 0 Å². The molecule has 587 valence electrons. The molecule has 1 radical (unpaired) electrons. The Hall–Kier alpha value is -1.98. The van der Waals surface area contributed by atoms with Crippen LogP contribution in [0.15, 0.2) is 48.6 Å². The molecule has 101 heavy (non-hydrogen) atoms. The quantitative estimate of drug-likeness (QED) is 0.0128. The van der Waals surface area contributed by atoms with E-state index in [0.717, 1.165) is 154 Å². The second kappa shape index (κ2) is 77.6. The Morgan fingerprint density at radius 2 is 0.465 bits per heavy atom. The molecule has 0 saturated carbocycles. The Bertz CT molecular complexity index is 1950. The second-order valence-corrected chi connectivity index (χ2v) is 30.6. The van der Waals surface area contributed by atoms with E-state index in [9.17, 15) is 43.2 Å². The minimum Gasteiger partial charge on any atom is -0.462 e. The van der Waals surface area contributed by atoms with Crippen molar-refractivity contribution >= 4 is 69.1 Å². The van der Waals surface area contributed by atoms with E-state index in [0.29, 0.717) is 25.7 Å². The molecule has 0 aliphatic heterocycles. The smallest absolute Gasteiger partial charge is 0.462 e. The Morgan fingerprint density at radius 3 is 0.693 bits per heavy atom. The number of esters is 4. The monoisotopic (exact) mass is 1480 g/mol. The van der Waals surface area contributed by atoms with Gasteiger partial charge in [-0.05, 0) is 128 Å². The van der Waals surface area contributed by atoms with Crippen LogP contribution in [0.25, 0.3) is 0 Å². The van der Waals surface area contributed by atoms with Gasteiger partial charge in [-0.2, -0.15) is 0 Å². The molecule has 17 nitrogen and oxygen atoms in total. The molecule has 0 spiro atoms. The first kappa shape index (κ1) is 101. The zero-order chi connectivity index (χ0) is 73.2. The molecular formula is C81H150NaO17P2. The maximum Gasteiger partial charge on any atom is 0.472 e. The van der Waals surface area contributed by atoms with Crippen molar-refractivity contribution in [2.75, 3.05) is 39.6 Å². The van der Waals surface area contributed by atoms with Gasteiger partial charge in [0.2, 0.25) is 0 Å². The molecule has 0 aromatic heterocycles. The predicted octanol–water partition coefficient (Wildman–Crippen LogP) is 23.3. The van der Waals surface area contributed by atoms with Gasteiger partial charge < -0.3 is 33.8 Å². The standard InChI is InChI=1S/C81H150O17P2.Na/c1-5-9-13-17-21-25-29-33-37-41-45-49-53-57-61-65-78(83)91-71-76(97-80(85)67-63-59-55-51-47-43-39-35-31-27-23-19-15-11-7-3)73-95-99(87,88)93-69-75(82)70-94-100(89,90)96-74-77(98-81(86)68-64-60-56-52-48-44-40-36-32-28-24-20-16-12-8-4)72-92-79(84)66-62-58-54-50-46-42-38-34-30-26-22-18-14-10-6-2;/h33-40,75-77,82H,5-32,41-74H2,1-4H3,(H,87,88)(H,89,90);/b37-33+,38-34+,39-35+,40-36+;/t76-,77-;/m1./s1. The van der Waals surface area contributed by atoms with Gasteiger partial charge in [-0.15, -0.1) is 0 Å². The average Bonchev–Trinajstić information content (AvgIpc) is 1.01. The summed E-state index contributed by atoms with van der Waals surface area (Å²) in [4.78, 5) is 73.0. The summed E-state index contributed by atoms with van der Waals surface area (Å²) >= 11 is 0. The number of ether oxygens (including phenoxy) is 4. The Morgan fingerprint density at radius 1 is 0.277 bits per heavy atom. The molecule has 0 saturated heterocycles. The van der Waals surface area contributed by atoms with Crippen molar-refractivity contribution in [3.05, 3.63) is 48.6 Å². The molecular weight excluding hydrogens is 1330 g/mol. The van der Waals surface area contributed by atoms with Crippen LogP contribution in [-0.2, 0) is 65.4 Å². The maximum atomic E-state index is 13.1. The van der Waals surface area contributed by atoms with E-state index in [1.165, 1.54) is 154 Å². The number of hydrogen-bond donors (Lipinski definition) is 3. The van der Waals surface area contributed by atoms with Crippen molar-refractivity contribution < 1.29 is 80.2 Å². The van der Waals surface area contributed by atoms with Gasteiger partial charge in [0.15, 0.2) is 12.2 Å². The summed E-state index contributed by atoms with van der Waals surface area (Å²) < 4.78 is 68.6. The first-order valence-corrected chi connectivity index (χ1v) is 43.9. The Labute approximate surface area is 639 Å². The van der Waals surface area contributed by atoms with Crippen LogP contribution in [0.1, 0.15) is 387 Å². The molecule has 20 heteroatoms. The summed E-state index contributed by atoms with van der Waals surface area (Å²) in [7, 11) is -9.95. The van der Waals surface area contributed by atoms with E-state index < -0.39 is 97.5 Å². The van der Waals surface area contributed by atoms with Crippen molar-refractivity contribution in [1.82, 2.24) is 0 Å². The normalized spacial score (nSPS) is 14.0. The molecule has 0 aliphatic rings. The Balaban J connectivity index is 0. The molecule has 3 N–H and O–H groups in total. The first-order valence-electron chi connectivity index (χ1n) is 40.9. The number of phosphoric acid groups is 2. The number of allylic oxidation sites excluding steroid dienone is 8. The van der Waals surface area contributed by atoms with Gasteiger partial charge in [-0.25, -0.2) is 9.13 Å². The number of unbranched alkanes of at least 4 members (excludes halogenated alkanes) is 44. The zero-order valence-electron chi connectivity index (χ0n) is 65.1. The van der Waals surface area contributed by atoms with Crippen LogP contribution in [0.3, 0.4) is 0 Å². The summed E-state index contributed by atoms with van der Waals surface area (Å²) in [6, 6.07) is 0. The van der Waals surface area contributed by atoms with Crippen molar-refractivity contribution in [2.24, 2.45) is 0 Å². The van der Waals surface area contributed by atoms with Crippen LogP contribution in [0, 0.1) is 0 Å². The van der Waals surface area contributed by atoms with Crippen LogP contribution in [-0.4, -0.2) is 126 Å². The molecule has 0 aromatic carbocycles. The third-order valence-electron chi connectivity index (χ3n) is 17.7. The van der Waals surface area contributed by atoms with Gasteiger partial charge in [0, 0.05) is 55.2 Å². The number of carbonyl (C=O) groups excluding carboxylic acids is 4. The van der Waals surface area contributed by atoms with Crippen molar-refractivity contribution in [3.8, 4) is 0 Å². The van der Waals surface area contributed by atoms with Gasteiger partial charge in [0.1, 0.15) is 19.3 Å². The molecule has 0 aromatic rings. The predicted molar refractivity (Wildman–Crippen MR) is 415 cm³/mol. The minimum atomic E-state index is -4.97. The van der Waals surface area contributed by atoms with Gasteiger partial charge in [0.25, 0.3) is 0 Å². The summed E-state index contributed by atoms with van der Waals surface area (Å²) in [6.45, 7) is 4.90. The van der Waals surface area contributed by atoms with E-state index >= 15 is 0 Å². The fourth-order valence-corrected chi connectivity index (χ4v) is 13.0. The van der Waals surface area contributed by atoms with Gasteiger partial charge in [-0.3, -0.25) is 37.3 Å². The molecule has 0 aliphatic carbocycles. The van der Waals surface area contributed by atoms with E-state index in [4.69, 9.17) is 37.0 Å². The number of rotatable bonds is 78. The first-order chi connectivity index (χ1) is 48.7. The third kappa shape index (κ3) is 77.5. The number of aliphatic hydroxyl groups excluding tert-OH is 1. The van der Waals surface area contributed by atoms with E-state index in [1.807, 2.05) is 0 Å². The van der Waals surface area contributed by atoms with Crippen molar-refractivity contribution in [3.63, 3.8) is 0 Å². The van der Waals surface area contributed by atoms with E-state index in [-0.39, 0.29) is 55.2 Å². The SMILES string of the molecule is CCCCCCCC/C=C/CCCCCCCC(=O)OC[C@H](COP(=O)(O)OCC(O)COP(=O)(O)OC[C@@H](COC(=O)CCCCCCC/C=C/CCCCCCCC)OC(=O)CCCCCCC/C=C/CCCCCCCC)OC(=O)CCCCCCC/C=C/CCCCCCCC.[Na]. The number of carbonyl (C=O) groups is 4. The largest absolute Gasteiger partial charge is 0.472 e. The number of phosphoric ester groups is 2. The summed E-state index contributed by atoms with van der Waals surface area (Å²) in [5.41, 5.74) is 0. The average molecular weight is 1480 g/mol. The van der Waals surface area contributed by atoms with E-state index in [2.05, 4.69) is 76.3 Å². The van der Waals surface area contributed by atoms with Gasteiger partial charge in [0.05, 0.1) is 26.4 Å². The number of aliphatic hydroxyl groups is 1. The number of hydrogen-bond acceptors (Lipinski definition) is 15. The summed E-state index contributed by atoms with van der Waals surface area (Å²) in [5.74, 6) is -2.17. The van der Waals surface area contributed by atoms with Crippen molar-refractivity contribution in [1.29, 1.82) is 0 Å². The fourth-order valence-electron chi connectivity index (χ4n) is 11.4. The van der Waals surface area contributed by atoms with Crippen LogP contribution < -0.4 is 0 Å². The van der Waals surface area contributed by atoms with Crippen LogP contribution in [0.2, 0.25) is 0 Å². The maximum absolute atomic E-state index is 13.1. The molecule has 4 atom stereocenters. The molecule has 0 heterocycles. The van der Waals surface area contributed by atoms with Gasteiger partial charge in [-0.1, -0.05) is 282 Å². The Kier molecular flexibility index (Phi) is 77.7. The molecule has 0 fully saturated rings. The zero-order valence-corrected chi connectivity index (χ0v) is 68.9. The molecule has 0 bridgehead atoms. The van der Waals surface area contributed by atoms with E-state index in [1.54, 1.807) is 0 Å². The van der Waals surface area contributed by atoms with Gasteiger partial charge >= 0.3 is 39.5 Å².